The van der Waals surface area contributed by atoms with Gasteiger partial charge >= 0.3 is 0 Å². The first-order valence-corrected chi connectivity index (χ1v) is 7.94. The predicted octanol–water partition coefficient (Wildman–Crippen LogP) is 4.88. The van der Waals surface area contributed by atoms with Gasteiger partial charge in [0.15, 0.2) is 5.12 Å². The van der Waals surface area contributed by atoms with E-state index in [4.69, 9.17) is 12.0 Å². The topological polar surface area (TPSA) is 65.8 Å². The van der Waals surface area contributed by atoms with E-state index >= 15 is 0 Å². The van der Waals surface area contributed by atoms with E-state index in [9.17, 15) is 4.79 Å². The van der Waals surface area contributed by atoms with Gasteiger partial charge in [-0.05, 0) is 30.4 Å². The predicted molar refractivity (Wildman–Crippen MR) is 87.7 cm³/mol. The number of carbonyl (C=O) groups excluding carboxylic acids is 1. The average molecular weight is 301 g/mol. The maximum atomic E-state index is 11.7. The molecule has 1 aromatic rings. The van der Waals surface area contributed by atoms with Gasteiger partial charge in [0.2, 0.25) is 0 Å². The number of nitrogens with zero attached hydrogens (tertiary/aromatic N) is 3. The molecule has 21 heavy (non-hydrogen) atoms. The molecule has 0 aromatic heterocycles. The van der Waals surface area contributed by atoms with E-state index < -0.39 is 0 Å². The molecule has 5 heteroatoms. The third kappa shape index (κ3) is 7.45. The summed E-state index contributed by atoms with van der Waals surface area (Å²) in [4.78, 5) is 14.6. The Hall–Kier alpha value is -1.89. The molecule has 0 N–H and O–H groups in total. The Morgan fingerprint density at radius 3 is 2.81 bits per heavy atom. The van der Waals surface area contributed by atoms with E-state index in [1.165, 1.54) is 11.8 Å². The minimum absolute atomic E-state index is 0.180. The first-order chi connectivity index (χ1) is 10.3. The van der Waals surface area contributed by atoms with Gasteiger partial charge < -0.3 is 0 Å². The Labute approximate surface area is 129 Å². The molecule has 0 saturated carbocycles. The maximum absolute atomic E-state index is 11.7. The van der Waals surface area contributed by atoms with Gasteiger partial charge in [-0.3, -0.25) is 4.79 Å². The van der Waals surface area contributed by atoms with Gasteiger partial charge in [-0.1, -0.05) is 47.2 Å². The molecule has 0 heterocycles. The molecule has 1 atom stereocenters. The Morgan fingerprint density at radius 1 is 1.38 bits per heavy atom. The highest BCUT2D eigenvalue weighted by Gasteiger charge is 2.10. The second-order valence-electron chi connectivity index (χ2n) is 4.55. The monoisotopic (exact) mass is 301 g/mol. The summed E-state index contributed by atoms with van der Waals surface area (Å²) in [7, 11) is 0. The van der Waals surface area contributed by atoms with Gasteiger partial charge in [-0.2, -0.15) is 0 Å². The van der Waals surface area contributed by atoms with Crippen LogP contribution in [0.3, 0.4) is 0 Å². The fourth-order valence-electron chi connectivity index (χ4n) is 1.90. The summed E-state index contributed by atoms with van der Waals surface area (Å²) in [5.41, 5.74) is 9.63. The summed E-state index contributed by atoms with van der Waals surface area (Å²) >= 11 is 1.34. The molecule has 110 valence electrons. The number of azide groups is 1. The molecule has 0 fully saturated rings. The lowest BCUT2D eigenvalue weighted by molar-refractivity contribution is -0.111. The first-order valence-electron chi connectivity index (χ1n) is 6.96. The van der Waals surface area contributed by atoms with Gasteiger partial charge in [0.1, 0.15) is 0 Å². The van der Waals surface area contributed by atoms with Crippen LogP contribution in [0.5, 0.6) is 0 Å². The zero-order valence-electron chi connectivity index (χ0n) is 11.9. The summed E-state index contributed by atoms with van der Waals surface area (Å²) in [5.74, 6) is 3.34. The fraction of sp³-hybridized carbons (Fsp3) is 0.438. The van der Waals surface area contributed by atoms with Crippen LogP contribution in [-0.2, 0) is 4.79 Å². The van der Waals surface area contributed by atoms with E-state index in [1.807, 2.05) is 30.3 Å². The van der Waals surface area contributed by atoms with Gasteiger partial charge in [-0.25, -0.2) is 0 Å². The van der Waals surface area contributed by atoms with Gasteiger partial charge in [0.05, 0.1) is 6.04 Å². The molecule has 0 aliphatic rings. The smallest absolute Gasteiger partial charge is 0.188 e. The summed E-state index contributed by atoms with van der Waals surface area (Å²) in [6.45, 7) is 0. The highest BCUT2D eigenvalue weighted by Crippen LogP contribution is 2.24. The molecule has 0 aliphatic heterocycles. The van der Waals surface area contributed by atoms with Crippen LogP contribution >= 0.6 is 11.8 Å². The van der Waals surface area contributed by atoms with Gasteiger partial charge in [0, 0.05) is 23.5 Å². The molecule has 4 nitrogen and oxygen atoms in total. The fourth-order valence-corrected chi connectivity index (χ4v) is 2.71. The normalized spacial score (nSPS) is 11.2. The molecular weight excluding hydrogens is 282 g/mol. The largest absolute Gasteiger partial charge is 0.287 e. The molecule has 1 rings (SSSR count). The number of benzene rings is 1. The summed E-state index contributed by atoms with van der Waals surface area (Å²) < 4.78 is 0. The van der Waals surface area contributed by atoms with E-state index in [-0.39, 0.29) is 11.2 Å². The molecule has 0 saturated heterocycles. The lowest BCUT2D eigenvalue weighted by Crippen LogP contribution is -1.98. The van der Waals surface area contributed by atoms with E-state index in [0.717, 1.165) is 24.2 Å². The number of hydrogen-bond donors (Lipinski definition) is 0. The molecule has 0 amide bonds. The van der Waals surface area contributed by atoms with Crippen LogP contribution in [0.1, 0.15) is 43.7 Å². The van der Waals surface area contributed by atoms with Crippen LogP contribution < -0.4 is 0 Å². The third-order valence-corrected chi connectivity index (χ3v) is 3.98. The van der Waals surface area contributed by atoms with Crippen molar-refractivity contribution < 1.29 is 4.79 Å². The van der Waals surface area contributed by atoms with Gasteiger partial charge in [0.25, 0.3) is 0 Å². The highest BCUT2D eigenvalue weighted by atomic mass is 32.2. The van der Waals surface area contributed by atoms with Crippen LogP contribution in [0.25, 0.3) is 10.4 Å². The van der Waals surface area contributed by atoms with Crippen molar-refractivity contribution >= 4 is 16.9 Å². The van der Waals surface area contributed by atoms with Crippen LogP contribution in [0.4, 0.5) is 0 Å². The van der Waals surface area contributed by atoms with Crippen LogP contribution in [-0.4, -0.2) is 10.9 Å². The molecule has 1 aromatic carbocycles. The Balaban J connectivity index is 2.33. The number of carbonyl (C=O) groups is 1. The minimum atomic E-state index is -0.199. The van der Waals surface area contributed by atoms with Crippen molar-refractivity contribution in [2.24, 2.45) is 5.11 Å². The maximum Gasteiger partial charge on any atom is 0.188 e. The number of unbranched alkanes of at least 4 members (excludes halogenated alkanes) is 1. The van der Waals surface area contributed by atoms with Crippen molar-refractivity contribution in [1.29, 1.82) is 0 Å². The Bertz CT molecular complexity index is 518. The van der Waals surface area contributed by atoms with E-state index in [1.54, 1.807) is 0 Å². The number of hydrogen-bond acceptors (Lipinski definition) is 3. The van der Waals surface area contributed by atoms with Crippen molar-refractivity contribution in [1.82, 2.24) is 0 Å². The lowest BCUT2D eigenvalue weighted by atomic mass is 10.0. The Kier molecular flexibility index (Phi) is 8.86. The van der Waals surface area contributed by atoms with Crippen LogP contribution in [0, 0.1) is 12.3 Å². The van der Waals surface area contributed by atoms with Crippen molar-refractivity contribution in [3.8, 4) is 12.3 Å². The third-order valence-electron chi connectivity index (χ3n) is 2.96. The van der Waals surface area contributed by atoms with Crippen molar-refractivity contribution in [2.75, 3.05) is 5.75 Å². The Morgan fingerprint density at radius 2 is 2.14 bits per heavy atom. The molecule has 0 bridgehead atoms. The minimum Gasteiger partial charge on any atom is -0.287 e. The second-order valence-corrected chi connectivity index (χ2v) is 5.70. The zero-order chi connectivity index (χ0) is 15.3. The van der Waals surface area contributed by atoms with Crippen LogP contribution in [0.15, 0.2) is 35.4 Å². The van der Waals surface area contributed by atoms with Crippen molar-refractivity contribution in [3.05, 3.63) is 46.3 Å². The molecule has 0 aliphatic carbocycles. The second kappa shape index (κ2) is 10.8. The summed E-state index contributed by atoms with van der Waals surface area (Å²) in [6, 6.07) is 9.44. The van der Waals surface area contributed by atoms with E-state index in [2.05, 4.69) is 15.9 Å². The number of rotatable bonds is 9. The average Bonchev–Trinajstić information content (AvgIpc) is 2.51. The zero-order valence-corrected chi connectivity index (χ0v) is 12.8. The quantitative estimate of drug-likeness (QED) is 0.214. The van der Waals surface area contributed by atoms with E-state index in [0.29, 0.717) is 19.3 Å². The van der Waals surface area contributed by atoms with Crippen molar-refractivity contribution in [3.63, 3.8) is 0 Å². The summed E-state index contributed by atoms with van der Waals surface area (Å²) in [6.07, 6.45) is 8.66. The van der Waals surface area contributed by atoms with Crippen LogP contribution in [0.2, 0.25) is 0 Å². The molecule has 0 spiro atoms. The lowest BCUT2D eigenvalue weighted by Gasteiger charge is -2.10. The molecule has 0 radical (unpaired) electrons. The number of thioether (sulfide) groups is 1. The van der Waals surface area contributed by atoms with Gasteiger partial charge in [-0.15, -0.1) is 12.3 Å². The number of terminal acetylenes is 1. The summed E-state index contributed by atoms with van der Waals surface area (Å²) in [5, 5.41) is 4.00. The molecule has 1 unspecified atom stereocenters. The standard InChI is InChI=1S/C16H19N3OS/c1-2-3-7-13-21-16(20)12-8-11-15(18-19-17)14-9-5-4-6-10-14/h1,4-6,9-10,15H,3,7-8,11-13H2. The highest BCUT2D eigenvalue weighted by molar-refractivity contribution is 8.13. The first kappa shape index (κ1) is 17.2. The SMILES string of the molecule is C#CCCCSC(=O)CCCC(N=[N+]=[N-])c1ccccc1. The van der Waals surface area contributed by atoms with Crippen molar-refractivity contribution in [2.45, 2.75) is 38.1 Å². The molecular formula is C16H19N3OS.